The molecular formula is C15H22FNO2. The molecule has 1 fully saturated rings. The second kappa shape index (κ2) is 5.88. The summed E-state index contributed by atoms with van der Waals surface area (Å²) < 4.78 is 13.7. The van der Waals surface area contributed by atoms with Crippen molar-refractivity contribution in [2.24, 2.45) is 5.92 Å². The van der Waals surface area contributed by atoms with Crippen LogP contribution in [0.3, 0.4) is 0 Å². The Balaban J connectivity index is 2.34. The lowest BCUT2D eigenvalue weighted by Gasteiger charge is -2.35. The average molecular weight is 267 g/mol. The number of hydrogen-bond donors (Lipinski definition) is 2. The van der Waals surface area contributed by atoms with Gasteiger partial charge in [0.25, 0.3) is 0 Å². The Labute approximate surface area is 113 Å². The second-order valence-electron chi connectivity index (χ2n) is 5.47. The first-order valence-corrected chi connectivity index (χ1v) is 6.86. The Hall–Kier alpha value is -1.13. The fourth-order valence-corrected chi connectivity index (χ4v) is 2.72. The van der Waals surface area contributed by atoms with Crippen LogP contribution in [0.5, 0.6) is 0 Å². The van der Waals surface area contributed by atoms with E-state index in [-0.39, 0.29) is 18.3 Å². The van der Waals surface area contributed by atoms with Crippen molar-refractivity contribution >= 4 is 5.69 Å². The van der Waals surface area contributed by atoms with E-state index in [0.717, 1.165) is 31.6 Å². The van der Waals surface area contributed by atoms with Crippen LogP contribution in [0.4, 0.5) is 10.1 Å². The van der Waals surface area contributed by atoms with Crippen molar-refractivity contribution in [2.75, 3.05) is 24.6 Å². The quantitative estimate of drug-likeness (QED) is 0.884. The Bertz CT molecular complexity index is 448. The van der Waals surface area contributed by atoms with Crippen molar-refractivity contribution < 1.29 is 14.6 Å². The van der Waals surface area contributed by atoms with Gasteiger partial charge in [-0.25, -0.2) is 4.39 Å². The topological polar surface area (TPSA) is 43.7 Å². The molecule has 0 radical (unpaired) electrons. The first-order chi connectivity index (χ1) is 9.02. The summed E-state index contributed by atoms with van der Waals surface area (Å²) in [5, 5.41) is 19.1. The number of hydrogen-bond acceptors (Lipinski definition) is 3. The summed E-state index contributed by atoms with van der Waals surface area (Å²) in [7, 11) is 0. The van der Waals surface area contributed by atoms with Crippen molar-refractivity contribution in [3.8, 4) is 0 Å². The predicted octanol–water partition coefficient (Wildman–Crippen LogP) is 2.40. The minimum absolute atomic E-state index is 0.181. The number of aryl methyl sites for hydroxylation is 1. The maximum absolute atomic E-state index is 13.7. The summed E-state index contributed by atoms with van der Waals surface area (Å²) in [6, 6.07) is 3.23. The van der Waals surface area contributed by atoms with Crippen molar-refractivity contribution in [1.29, 1.82) is 0 Å². The van der Waals surface area contributed by atoms with Gasteiger partial charge in [-0.2, -0.15) is 0 Å². The van der Waals surface area contributed by atoms with Crippen molar-refractivity contribution in [3.63, 3.8) is 0 Å². The van der Waals surface area contributed by atoms with Crippen LogP contribution in [-0.4, -0.2) is 29.9 Å². The van der Waals surface area contributed by atoms with E-state index in [0.29, 0.717) is 11.1 Å². The summed E-state index contributed by atoms with van der Waals surface area (Å²) in [6.45, 7) is 5.22. The van der Waals surface area contributed by atoms with Crippen LogP contribution in [0.15, 0.2) is 12.1 Å². The van der Waals surface area contributed by atoms with E-state index < -0.39 is 6.10 Å². The summed E-state index contributed by atoms with van der Waals surface area (Å²) in [5.41, 5.74) is 2.11. The highest BCUT2D eigenvalue weighted by Crippen LogP contribution is 2.32. The van der Waals surface area contributed by atoms with E-state index in [1.807, 2.05) is 0 Å². The molecule has 1 aliphatic heterocycles. The van der Waals surface area contributed by atoms with Crippen LogP contribution in [-0.2, 0) is 0 Å². The molecule has 1 unspecified atom stereocenters. The Morgan fingerprint density at radius 2 is 2.21 bits per heavy atom. The molecule has 1 saturated heterocycles. The fourth-order valence-electron chi connectivity index (χ4n) is 2.72. The van der Waals surface area contributed by atoms with Crippen LogP contribution >= 0.6 is 0 Å². The molecule has 4 heteroatoms. The second-order valence-corrected chi connectivity index (χ2v) is 5.47. The van der Waals surface area contributed by atoms with Gasteiger partial charge in [-0.3, -0.25) is 0 Å². The van der Waals surface area contributed by atoms with Gasteiger partial charge in [-0.15, -0.1) is 0 Å². The Morgan fingerprint density at radius 3 is 2.84 bits per heavy atom. The molecule has 106 valence electrons. The minimum atomic E-state index is -0.695. The van der Waals surface area contributed by atoms with Crippen molar-refractivity contribution in [2.45, 2.75) is 32.8 Å². The lowest BCUT2D eigenvalue weighted by Crippen LogP contribution is -2.37. The first-order valence-electron chi connectivity index (χ1n) is 6.86. The highest BCUT2D eigenvalue weighted by Gasteiger charge is 2.23. The van der Waals surface area contributed by atoms with Gasteiger partial charge in [0.05, 0.1) is 6.10 Å². The van der Waals surface area contributed by atoms with Crippen LogP contribution in [0, 0.1) is 18.7 Å². The van der Waals surface area contributed by atoms with Crippen LogP contribution in [0.2, 0.25) is 0 Å². The van der Waals surface area contributed by atoms with E-state index in [1.165, 1.54) is 6.07 Å². The molecule has 1 aromatic carbocycles. The van der Waals surface area contributed by atoms with Crippen molar-refractivity contribution in [1.82, 2.24) is 0 Å². The smallest absolute Gasteiger partial charge is 0.126 e. The fraction of sp³-hybridized carbons (Fsp3) is 0.600. The third-order valence-corrected chi connectivity index (χ3v) is 3.88. The number of piperidine rings is 1. The van der Waals surface area contributed by atoms with E-state index in [2.05, 4.69) is 4.90 Å². The molecule has 2 atom stereocenters. The molecule has 1 aliphatic rings. The number of nitrogens with zero attached hydrogens (tertiary/aromatic N) is 1. The number of rotatable bonds is 3. The molecule has 2 N–H and O–H groups in total. The summed E-state index contributed by atoms with van der Waals surface area (Å²) in [6.07, 6.45) is 1.34. The third kappa shape index (κ3) is 3.07. The molecule has 3 nitrogen and oxygen atoms in total. The van der Waals surface area contributed by atoms with Gasteiger partial charge in [-0.1, -0.05) is 0 Å². The lowest BCUT2D eigenvalue weighted by molar-refractivity contribution is 0.196. The Morgan fingerprint density at radius 1 is 1.47 bits per heavy atom. The maximum Gasteiger partial charge on any atom is 0.126 e. The lowest BCUT2D eigenvalue weighted by atomic mass is 9.96. The van der Waals surface area contributed by atoms with Gasteiger partial charge < -0.3 is 15.1 Å². The van der Waals surface area contributed by atoms with E-state index >= 15 is 0 Å². The molecule has 1 heterocycles. The highest BCUT2D eigenvalue weighted by molar-refractivity contribution is 5.57. The molecule has 0 bridgehead atoms. The zero-order valence-electron chi connectivity index (χ0n) is 11.6. The van der Waals surface area contributed by atoms with Crippen molar-refractivity contribution in [3.05, 3.63) is 29.1 Å². The van der Waals surface area contributed by atoms with Gasteiger partial charge in [0.15, 0.2) is 0 Å². The van der Waals surface area contributed by atoms with Crippen LogP contribution in [0.1, 0.15) is 37.0 Å². The molecule has 0 aromatic heterocycles. The maximum atomic E-state index is 13.7. The van der Waals surface area contributed by atoms with E-state index in [1.54, 1.807) is 19.9 Å². The molecule has 19 heavy (non-hydrogen) atoms. The minimum Gasteiger partial charge on any atom is -0.396 e. The largest absolute Gasteiger partial charge is 0.396 e. The summed E-state index contributed by atoms with van der Waals surface area (Å²) in [5.74, 6) is -0.0173. The standard InChI is InChI=1S/C15H22FNO2/c1-10-6-15(13(11(2)19)7-14(10)16)17-5-3-4-12(8-17)9-18/h6-7,11-12,18-19H,3-5,8-9H2,1-2H3/t11-,12?/m0/s1. The van der Waals surface area contributed by atoms with Crippen LogP contribution < -0.4 is 4.90 Å². The summed E-state index contributed by atoms with van der Waals surface area (Å²) in [4.78, 5) is 2.15. The molecule has 0 amide bonds. The monoisotopic (exact) mass is 267 g/mol. The number of anilines is 1. The van der Waals surface area contributed by atoms with Gasteiger partial charge >= 0.3 is 0 Å². The number of aliphatic hydroxyl groups is 2. The SMILES string of the molecule is Cc1cc(N2CCCC(CO)C2)c([C@H](C)O)cc1F. The van der Waals surface area contributed by atoms with Crippen LogP contribution in [0.25, 0.3) is 0 Å². The number of halogens is 1. The Kier molecular flexibility index (Phi) is 4.42. The molecule has 0 aliphatic carbocycles. The predicted molar refractivity (Wildman–Crippen MR) is 73.8 cm³/mol. The molecule has 0 spiro atoms. The highest BCUT2D eigenvalue weighted by atomic mass is 19.1. The van der Waals surface area contributed by atoms with Gasteiger partial charge in [0.1, 0.15) is 5.82 Å². The third-order valence-electron chi connectivity index (χ3n) is 3.88. The molecular weight excluding hydrogens is 245 g/mol. The molecule has 2 rings (SSSR count). The average Bonchev–Trinajstić information content (AvgIpc) is 2.41. The zero-order valence-corrected chi connectivity index (χ0v) is 11.6. The molecule has 0 saturated carbocycles. The zero-order chi connectivity index (χ0) is 14.0. The van der Waals surface area contributed by atoms with Gasteiger partial charge in [0.2, 0.25) is 0 Å². The van der Waals surface area contributed by atoms with Gasteiger partial charge in [-0.05, 0) is 50.3 Å². The first kappa shape index (κ1) is 14.3. The summed E-state index contributed by atoms with van der Waals surface area (Å²) >= 11 is 0. The normalized spacial score (nSPS) is 21.5. The van der Waals surface area contributed by atoms with E-state index in [4.69, 9.17) is 0 Å². The number of aliphatic hydroxyl groups excluding tert-OH is 2. The number of benzene rings is 1. The van der Waals surface area contributed by atoms with Gasteiger partial charge in [0, 0.05) is 30.9 Å². The van der Waals surface area contributed by atoms with E-state index in [9.17, 15) is 14.6 Å². The molecule has 1 aromatic rings.